The van der Waals surface area contributed by atoms with Gasteiger partial charge in [-0.2, -0.15) is 12.6 Å². The van der Waals surface area contributed by atoms with Gasteiger partial charge in [-0.15, -0.1) is 0 Å². The summed E-state index contributed by atoms with van der Waals surface area (Å²) in [6.45, 7) is 8.45. The molecule has 0 aromatic heterocycles. The molecule has 1 aliphatic heterocycles. The SMILES string of the molecule is CC1CCN(CCS)CC1C. The van der Waals surface area contributed by atoms with Gasteiger partial charge in [0.1, 0.15) is 0 Å². The molecule has 2 atom stereocenters. The summed E-state index contributed by atoms with van der Waals surface area (Å²) in [5.74, 6) is 2.80. The lowest BCUT2D eigenvalue weighted by Gasteiger charge is -2.34. The average Bonchev–Trinajstić information content (AvgIpc) is 1.98. The van der Waals surface area contributed by atoms with Crippen LogP contribution in [0.4, 0.5) is 0 Å². The Morgan fingerprint density at radius 1 is 1.36 bits per heavy atom. The average molecular weight is 173 g/mol. The van der Waals surface area contributed by atoms with E-state index in [4.69, 9.17) is 0 Å². The van der Waals surface area contributed by atoms with E-state index in [2.05, 4.69) is 31.4 Å². The molecule has 1 nitrogen and oxygen atoms in total. The van der Waals surface area contributed by atoms with E-state index in [0.717, 1.165) is 17.6 Å². The summed E-state index contributed by atoms with van der Waals surface area (Å²) in [4.78, 5) is 2.53. The molecule has 2 heteroatoms. The third-order valence-corrected chi connectivity index (χ3v) is 3.03. The van der Waals surface area contributed by atoms with Gasteiger partial charge in [-0.05, 0) is 24.8 Å². The summed E-state index contributed by atoms with van der Waals surface area (Å²) in [6.07, 6.45) is 1.37. The van der Waals surface area contributed by atoms with Crippen molar-refractivity contribution in [1.82, 2.24) is 4.90 Å². The summed E-state index contributed by atoms with van der Waals surface area (Å²) >= 11 is 4.24. The maximum Gasteiger partial charge on any atom is 0.00699 e. The van der Waals surface area contributed by atoms with E-state index in [9.17, 15) is 0 Å². The Labute approximate surface area is 75.6 Å². The molecule has 0 N–H and O–H groups in total. The van der Waals surface area contributed by atoms with Crippen molar-refractivity contribution in [3.05, 3.63) is 0 Å². The first kappa shape index (κ1) is 9.40. The fraction of sp³-hybridized carbons (Fsp3) is 1.00. The number of nitrogens with zero attached hydrogens (tertiary/aromatic N) is 1. The molecule has 0 amide bonds. The largest absolute Gasteiger partial charge is 0.302 e. The van der Waals surface area contributed by atoms with Gasteiger partial charge in [0.05, 0.1) is 0 Å². The monoisotopic (exact) mass is 173 g/mol. The lowest BCUT2D eigenvalue weighted by molar-refractivity contribution is 0.146. The van der Waals surface area contributed by atoms with Crippen molar-refractivity contribution in [2.75, 3.05) is 25.4 Å². The Kier molecular flexibility index (Phi) is 3.73. The van der Waals surface area contributed by atoms with Gasteiger partial charge in [0.2, 0.25) is 0 Å². The van der Waals surface area contributed by atoms with Crippen molar-refractivity contribution < 1.29 is 0 Å². The number of hydrogen-bond acceptors (Lipinski definition) is 2. The van der Waals surface area contributed by atoms with Gasteiger partial charge in [0.15, 0.2) is 0 Å². The van der Waals surface area contributed by atoms with Crippen LogP contribution in [0.1, 0.15) is 20.3 Å². The minimum atomic E-state index is 0.878. The fourth-order valence-electron chi connectivity index (χ4n) is 1.69. The molecule has 1 saturated heterocycles. The van der Waals surface area contributed by atoms with Gasteiger partial charge >= 0.3 is 0 Å². The highest BCUT2D eigenvalue weighted by atomic mass is 32.1. The molecule has 0 radical (unpaired) electrons. The van der Waals surface area contributed by atoms with E-state index in [-0.39, 0.29) is 0 Å². The highest BCUT2D eigenvalue weighted by Gasteiger charge is 2.21. The van der Waals surface area contributed by atoms with Crippen LogP contribution in [0.5, 0.6) is 0 Å². The second-order valence-corrected chi connectivity index (χ2v) is 4.21. The first-order valence-corrected chi connectivity index (χ1v) is 5.20. The molecule has 66 valence electrons. The van der Waals surface area contributed by atoms with Crippen LogP contribution < -0.4 is 0 Å². The minimum absolute atomic E-state index is 0.878. The first-order chi connectivity index (χ1) is 5.24. The van der Waals surface area contributed by atoms with Crippen LogP contribution in [0.25, 0.3) is 0 Å². The topological polar surface area (TPSA) is 3.24 Å². The molecule has 0 bridgehead atoms. The van der Waals surface area contributed by atoms with Gasteiger partial charge in [-0.3, -0.25) is 0 Å². The van der Waals surface area contributed by atoms with Crippen LogP contribution in [0, 0.1) is 11.8 Å². The zero-order valence-corrected chi connectivity index (χ0v) is 8.48. The zero-order chi connectivity index (χ0) is 8.27. The van der Waals surface area contributed by atoms with Crippen molar-refractivity contribution >= 4 is 12.6 Å². The standard InChI is InChI=1S/C9H19NS/c1-8-3-4-10(5-6-11)7-9(8)2/h8-9,11H,3-7H2,1-2H3. The number of hydrogen-bond donors (Lipinski definition) is 1. The third-order valence-electron chi connectivity index (χ3n) is 2.83. The molecule has 0 spiro atoms. The van der Waals surface area contributed by atoms with E-state index in [0.29, 0.717) is 0 Å². The van der Waals surface area contributed by atoms with Crippen LogP contribution >= 0.6 is 12.6 Å². The number of rotatable bonds is 2. The minimum Gasteiger partial charge on any atom is -0.302 e. The lowest BCUT2D eigenvalue weighted by atomic mass is 9.89. The maximum atomic E-state index is 4.24. The van der Waals surface area contributed by atoms with Crippen LogP contribution in [-0.4, -0.2) is 30.3 Å². The van der Waals surface area contributed by atoms with Crippen LogP contribution in [-0.2, 0) is 0 Å². The molecular weight excluding hydrogens is 154 g/mol. The van der Waals surface area contributed by atoms with E-state index >= 15 is 0 Å². The molecule has 1 heterocycles. The Hall–Kier alpha value is 0.310. The molecule has 0 aromatic carbocycles. The molecule has 0 saturated carbocycles. The number of thiol groups is 1. The lowest BCUT2D eigenvalue weighted by Crippen LogP contribution is -2.39. The summed E-state index contributed by atoms with van der Waals surface area (Å²) in [6, 6.07) is 0. The summed E-state index contributed by atoms with van der Waals surface area (Å²) < 4.78 is 0. The van der Waals surface area contributed by atoms with Gasteiger partial charge in [-0.1, -0.05) is 13.8 Å². The summed E-state index contributed by atoms with van der Waals surface area (Å²) in [7, 11) is 0. The molecular formula is C9H19NS. The smallest absolute Gasteiger partial charge is 0.00699 e. The Morgan fingerprint density at radius 3 is 2.64 bits per heavy atom. The second-order valence-electron chi connectivity index (χ2n) is 3.77. The second kappa shape index (κ2) is 4.36. The molecule has 1 rings (SSSR count). The molecule has 1 fully saturated rings. The van der Waals surface area contributed by atoms with E-state index < -0.39 is 0 Å². The van der Waals surface area contributed by atoms with Gasteiger partial charge in [0.25, 0.3) is 0 Å². The van der Waals surface area contributed by atoms with Gasteiger partial charge in [0, 0.05) is 18.8 Å². The zero-order valence-electron chi connectivity index (χ0n) is 7.58. The molecule has 0 aromatic rings. The molecule has 0 aliphatic carbocycles. The highest BCUT2D eigenvalue weighted by Crippen LogP contribution is 2.21. The van der Waals surface area contributed by atoms with Crippen molar-refractivity contribution in [1.29, 1.82) is 0 Å². The molecule has 11 heavy (non-hydrogen) atoms. The Balaban J connectivity index is 2.28. The highest BCUT2D eigenvalue weighted by molar-refractivity contribution is 7.80. The molecule has 2 unspecified atom stereocenters. The molecule has 1 aliphatic rings. The predicted octanol–water partition coefficient (Wildman–Crippen LogP) is 1.89. The maximum absolute atomic E-state index is 4.24. The van der Waals surface area contributed by atoms with Crippen LogP contribution in [0.2, 0.25) is 0 Å². The van der Waals surface area contributed by atoms with Crippen molar-refractivity contribution in [3.8, 4) is 0 Å². The predicted molar refractivity (Wildman–Crippen MR) is 53.2 cm³/mol. The Bertz CT molecular complexity index is 116. The van der Waals surface area contributed by atoms with E-state index in [1.165, 1.54) is 26.1 Å². The number of piperidine rings is 1. The summed E-state index contributed by atoms with van der Waals surface area (Å²) in [5.41, 5.74) is 0. The third kappa shape index (κ3) is 2.68. The quantitative estimate of drug-likeness (QED) is 0.624. The van der Waals surface area contributed by atoms with Gasteiger partial charge < -0.3 is 4.90 Å². The first-order valence-electron chi connectivity index (χ1n) is 4.57. The normalized spacial score (nSPS) is 34.1. The Morgan fingerprint density at radius 2 is 2.09 bits per heavy atom. The van der Waals surface area contributed by atoms with Crippen molar-refractivity contribution in [2.45, 2.75) is 20.3 Å². The van der Waals surface area contributed by atoms with E-state index in [1.807, 2.05) is 0 Å². The fourth-order valence-corrected chi connectivity index (χ4v) is 1.98. The summed E-state index contributed by atoms with van der Waals surface area (Å²) in [5, 5.41) is 0. The van der Waals surface area contributed by atoms with Crippen LogP contribution in [0.3, 0.4) is 0 Å². The van der Waals surface area contributed by atoms with Crippen molar-refractivity contribution in [2.24, 2.45) is 11.8 Å². The van der Waals surface area contributed by atoms with E-state index in [1.54, 1.807) is 0 Å². The van der Waals surface area contributed by atoms with Gasteiger partial charge in [-0.25, -0.2) is 0 Å². The van der Waals surface area contributed by atoms with Crippen LogP contribution in [0.15, 0.2) is 0 Å². The van der Waals surface area contributed by atoms with Crippen molar-refractivity contribution in [3.63, 3.8) is 0 Å². The number of likely N-dealkylation sites (tertiary alicyclic amines) is 1.